The number of nitrogens with zero attached hydrogens (tertiary/aromatic N) is 4. The van der Waals surface area contributed by atoms with E-state index in [1.54, 1.807) is 12.5 Å². The van der Waals surface area contributed by atoms with E-state index in [-0.39, 0.29) is 6.04 Å². The van der Waals surface area contributed by atoms with E-state index in [4.69, 9.17) is 10.3 Å². The minimum atomic E-state index is -0.317. The lowest BCUT2D eigenvalue weighted by atomic mass is 10.2. The molecule has 0 aromatic carbocycles. The van der Waals surface area contributed by atoms with Gasteiger partial charge in [0, 0.05) is 31.4 Å². The third-order valence-corrected chi connectivity index (χ3v) is 2.79. The van der Waals surface area contributed by atoms with Gasteiger partial charge in [-0.1, -0.05) is 0 Å². The first kappa shape index (κ1) is 12.6. The van der Waals surface area contributed by atoms with Crippen LogP contribution in [0.2, 0.25) is 0 Å². The van der Waals surface area contributed by atoms with Gasteiger partial charge in [0.25, 0.3) is 5.95 Å². The molecule has 0 aliphatic rings. The molecule has 0 aliphatic carbocycles. The summed E-state index contributed by atoms with van der Waals surface area (Å²) < 4.78 is 5.20. The van der Waals surface area contributed by atoms with Crippen LogP contribution in [-0.4, -0.2) is 33.2 Å². The molecule has 2 rings (SSSR count). The second kappa shape index (κ2) is 5.63. The van der Waals surface area contributed by atoms with E-state index in [0.717, 1.165) is 18.8 Å². The Morgan fingerprint density at radius 1 is 1.44 bits per heavy atom. The van der Waals surface area contributed by atoms with E-state index >= 15 is 0 Å². The van der Waals surface area contributed by atoms with Gasteiger partial charge in [-0.3, -0.25) is 0 Å². The van der Waals surface area contributed by atoms with Crippen molar-refractivity contribution in [3.63, 3.8) is 0 Å². The maximum Gasteiger partial charge on any atom is 0.266 e. The van der Waals surface area contributed by atoms with Gasteiger partial charge in [0.1, 0.15) is 0 Å². The van der Waals surface area contributed by atoms with Crippen molar-refractivity contribution >= 4 is 5.95 Å². The molecule has 2 heterocycles. The highest BCUT2D eigenvalue weighted by atomic mass is 16.5. The molecule has 2 aromatic rings. The van der Waals surface area contributed by atoms with Gasteiger partial charge in [-0.25, -0.2) is 4.98 Å². The van der Waals surface area contributed by atoms with E-state index in [1.807, 2.05) is 18.7 Å². The molecular weight excluding hydrogens is 232 g/mol. The summed E-state index contributed by atoms with van der Waals surface area (Å²) in [6.45, 7) is 5.77. The summed E-state index contributed by atoms with van der Waals surface area (Å²) in [5.41, 5.74) is 6.97. The molecule has 0 unspecified atom stereocenters. The Kier molecular flexibility index (Phi) is 3.93. The molecule has 7 nitrogen and oxygen atoms in total. The van der Waals surface area contributed by atoms with Crippen LogP contribution < -0.4 is 10.6 Å². The van der Waals surface area contributed by atoms with Gasteiger partial charge in [0.2, 0.25) is 5.89 Å². The summed E-state index contributed by atoms with van der Waals surface area (Å²) in [5, 5.41) is 3.94. The number of H-pyrrole nitrogens is 1. The van der Waals surface area contributed by atoms with Crippen molar-refractivity contribution in [2.45, 2.75) is 26.3 Å². The molecule has 0 amide bonds. The lowest BCUT2D eigenvalue weighted by Crippen LogP contribution is -2.23. The van der Waals surface area contributed by atoms with E-state index < -0.39 is 0 Å². The van der Waals surface area contributed by atoms with Gasteiger partial charge < -0.3 is 20.1 Å². The van der Waals surface area contributed by atoms with Crippen molar-refractivity contribution in [1.82, 2.24) is 20.1 Å². The Morgan fingerprint density at radius 3 is 2.83 bits per heavy atom. The maximum atomic E-state index is 6.02. The number of nitrogens with two attached hydrogens (primary N) is 1. The lowest BCUT2D eigenvalue weighted by Gasteiger charge is -2.14. The molecule has 0 bridgehead atoms. The normalized spacial score (nSPS) is 12.6. The Labute approximate surface area is 105 Å². The van der Waals surface area contributed by atoms with Crippen LogP contribution >= 0.6 is 0 Å². The van der Waals surface area contributed by atoms with Gasteiger partial charge in [-0.15, -0.1) is 0 Å². The first-order valence-corrected chi connectivity index (χ1v) is 6.06. The standard InChI is InChI=1S/C11H18N6O/c1-3-17(4-2)11-15-10(18-16-11)9(12)5-8-6-13-7-14-8/h6-7,9H,3-5,12H2,1-2H3,(H,13,14)/t9-/m0/s1. The zero-order chi connectivity index (χ0) is 13.0. The highest BCUT2D eigenvalue weighted by Gasteiger charge is 2.17. The number of aromatic nitrogens is 4. The summed E-state index contributed by atoms with van der Waals surface area (Å²) in [7, 11) is 0. The largest absolute Gasteiger partial charge is 0.348 e. The summed E-state index contributed by atoms with van der Waals surface area (Å²) in [6.07, 6.45) is 3.96. The van der Waals surface area contributed by atoms with E-state index in [9.17, 15) is 0 Å². The lowest BCUT2D eigenvalue weighted by molar-refractivity contribution is 0.353. The Bertz CT molecular complexity index is 462. The SMILES string of the molecule is CCN(CC)c1noc([C@@H](N)Cc2cnc[nH]2)n1. The zero-order valence-electron chi connectivity index (χ0n) is 10.6. The van der Waals surface area contributed by atoms with Crippen LogP contribution in [0.1, 0.15) is 31.5 Å². The predicted octanol–water partition coefficient (Wildman–Crippen LogP) is 0.881. The number of nitrogens with one attached hydrogen (secondary N) is 1. The summed E-state index contributed by atoms with van der Waals surface area (Å²) in [5.74, 6) is 1.04. The highest BCUT2D eigenvalue weighted by Crippen LogP contribution is 2.16. The molecule has 0 fully saturated rings. The van der Waals surface area contributed by atoms with Crippen LogP contribution in [0.4, 0.5) is 5.95 Å². The van der Waals surface area contributed by atoms with E-state index in [0.29, 0.717) is 18.3 Å². The fraction of sp³-hybridized carbons (Fsp3) is 0.545. The molecule has 18 heavy (non-hydrogen) atoms. The smallest absolute Gasteiger partial charge is 0.266 e. The van der Waals surface area contributed by atoms with Crippen molar-refractivity contribution < 1.29 is 4.52 Å². The summed E-state index contributed by atoms with van der Waals surface area (Å²) >= 11 is 0. The molecule has 1 atom stereocenters. The quantitative estimate of drug-likeness (QED) is 0.790. The van der Waals surface area contributed by atoms with Crippen molar-refractivity contribution in [2.24, 2.45) is 5.73 Å². The Morgan fingerprint density at radius 2 is 2.22 bits per heavy atom. The van der Waals surface area contributed by atoms with Crippen molar-refractivity contribution in [3.8, 4) is 0 Å². The van der Waals surface area contributed by atoms with E-state index in [1.165, 1.54) is 0 Å². The third-order valence-electron chi connectivity index (χ3n) is 2.79. The number of imidazole rings is 1. The second-order valence-electron chi connectivity index (χ2n) is 3.99. The van der Waals surface area contributed by atoms with Crippen LogP contribution in [-0.2, 0) is 6.42 Å². The van der Waals surface area contributed by atoms with Crippen LogP contribution in [0, 0.1) is 0 Å². The number of aromatic amines is 1. The van der Waals surface area contributed by atoms with Gasteiger partial charge in [0.15, 0.2) is 0 Å². The first-order chi connectivity index (χ1) is 8.74. The summed E-state index contributed by atoms with van der Waals surface area (Å²) in [6, 6.07) is -0.317. The highest BCUT2D eigenvalue weighted by molar-refractivity contribution is 5.27. The molecule has 0 spiro atoms. The monoisotopic (exact) mass is 250 g/mol. The molecule has 0 saturated heterocycles. The molecule has 7 heteroatoms. The number of hydrogen-bond donors (Lipinski definition) is 2. The third kappa shape index (κ3) is 2.67. The first-order valence-electron chi connectivity index (χ1n) is 6.06. The number of anilines is 1. The zero-order valence-corrected chi connectivity index (χ0v) is 10.6. The molecule has 3 N–H and O–H groups in total. The second-order valence-corrected chi connectivity index (χ2v) is 3.99. The summed E-state index contributed by atoms with van der Waals surface area (Å²) in [4.78, 5) is 13.3. The molecule has 0 saturated carbocycles. The fourth-order valence-electron chi connectivity index (χ4n) is 1.73. The molecule has 0 radical (unpaired) electrons. The van der Waals surface area contributed by atoms with E-state index in [2.05, 4.69) is 20.1 Å². The Hall–Kier alpha value is -1.89. The molecule has 98 valence electrons. The number of rotatable bonds is 6. The topological polar surface area (TPSA) is 96.9 Å². The van der Waals surface area contributed by atoms with Gasteiger partial charge in [0.05, 0.1) is 12.4 Å². The average molecular weight is 250 g/mol. The van der Waals surface area contributed by atoms with Crippen molar-refractivity contribution in [1.29, 1.82) is 0 Å². The maximum absolute atomic E-state index is 6.02. The fourth-order valence-corrected chi connectivity index (χ4v) is 1.73. The van der Waals surface area contributed by atoms with Gasteiger partial charge in [-0.05, 0) is 19.0 Å². The number of hydrogen-bond acceptors (Lipinski definition) is 6. The van der Waals surface area contributed by atoms with Crippen LogP contribution in [0.25, 0.3) is 0 Å². The molecule has 2 aromatic heterocycles. The van der Waals surface area contributed by atoms with Gasteiger partial charge in [-0.2, -0.15) is 4.98 Å². The van der Waals surface area contributed by atoms with Crippen LogP contribution in [0.15, 0.2) is 17.0 Å². The predicted molar refractivity (Wildman–Crippen MR) is 67.1 cm³/mol. The minimum absolute atomic E-state index is 0.317. The minimum Gasteiger partial charge on any atom is -0.348 e. The van der Waals surface area contributed by atoms with Crippen LogP contribution in [0.5, 0.6) is 0 Å². The van der Waals surface area contributed by atoms with Crippen molar-refractivity contribution in [3.05, 3.63) is 24.1 Å². The van der Waals surface area contributed by atoms with Gasteiger partial charge >= 0.3 is 0 Å². The molecule has 0 aliphatic heterocycles. The Balaban J connectivity index is 2.05. The average Bonchev–Trinajstić information content (AvgIpc) is 3.01. The van der Waals surface area contributed by atoms with Crippen LogP contribution in [0.3, 0.4) is 0 Å². The molecular formula is C11H18N6O. The van der Waals surface area contributed by atoms with Crippen molar-refractivity contribution in [2.75, 3.05) is 18.0 Å².